The van der Waals surface area contributed by atoms with E-state index in [4.69, 9.17) is 8.94 Å². The molecule has 0 radical (unpaired) electrons. The van der Waals surface area contributed by atoms with Gasteiger partial charge in [-0.15, -0.1) is 0 Å². The summed E-state index contributed by atoms with van der Waals surface area (Å²) in [5.74, 6) is 1.68. The van der Waals surface area contributed by atoms with Gasteiger partial charge in [0.05, 0.1) is 15.7 Å². The molecule has 12 heteroatoms. The number of furan rings is 1. The molecular weight excluding hydrogens is 468 g/mol. The molecule has 1 saturated heterocycles. The van der Waals surface area contributed by atoms with Crippen LogP contribution in [-0.2, 0) is 20.0 Å². The van der Waals surface area contributed by atoms with Crippen molar-refractivity contribution >= 4 is 20.0 Å². The van der Waals surface area contributed by atoms with Gasteiger partial charge in [-0.25, -0.2) is 21.6 Å². The minimum atomic E-state index is -3.81. The molecule has 0 spiro atoms. The van der Waals surface area contributed by atoms with Crippen molar-refractivity contribution < 1.29 is 25.8 Å². The third-order valence-electron chi connectivity index (χ3n) is 5.81. The number of sulfonamides is 2. The van der Waals surface area contributed by atoms with Crippen LogP contribution in [0.15, 0.2) is 55.1 Å². The van der Waals surface area contributed by atoms with Crippen molar-refractivity contribution in [3.8, 4) is 11.6 Å². The first-order chi connectivity index (χ1) is 15.7. The molecule has 2 aliphatic rings. The van der Waals surface area contributed by atoms with Crippen molar-refractivity contribution in [3.63, 3.8) is 0 Å². The lowest BCUT2D eigenvalue weighted by Crippen LogP contribution is -2.39. The number of rotatable bonds is 7. The molecule has 10 nitrogen and oxygen atoms in total. The van der Waals surface area contributed by atoms with Crippen LogP contribution in [0.5, 0.6) is 0 Å². The molecule has 1 aliphatic carbocycles. The topological polar surface area (TPSA) is 136 Å². The number of hydrogen-bond acceptors (Lipinski definition) is 8. The molecule has 1 aromatic carbocycles. The summed E-state index contributed by atoms with van der Waals surface area (Å²) in [4.78, 5) is 4.51. The average molecular weight is 493 g/mol. The quantitative estimate of drug-likeness (QED) is 0.532. The molecule has 0 unspecified atom stereocenters. The summed E-state index contributed by atoms with van der Waals surface area (Å²) in [7, 11) is -7.45. The lowest BCUT2D eigenvalue weighted by molar-refractivity contribution is 0.265. The molecule has 1 N–H and O–H groups in total. The van der Waals surface area contributed by atoms with Crippen LogP contribution in [0.3, 0.4) is 0 Å². The molecule has 2 aromatic heterocycles. The second-order valence-corrected chi connectivity index (χ2v) is 12.1. The van der Waals surface area contributed by atoms with Gasteiger partial charge in [-0.2, -0.15) is 9.29 Å². The first kappa shape index (κ1) is 22.3. The highest BCUT2D eigenvalue weighted by Crippen LogP contribution is 2.31. The van der Waals surface area contributed by atoms with Gasteiger partial charge in [0.15, 0.2) is 5.76 Å². The van der Waals surface area contributed by atoms with Gasteiger partial charge >= 0.3 is 0 Å². The maximum absolute atomic E-state index is 13.2. The zero-order valence-corrected chi connectivity index (χ0v) is 19.6. The fraction of sp³-hybridized carbons (Fsp3) is 0.429. The standard InChI is InChI=1S/C21H24N4O6S2/c1-14-4-11-19(30-14)20-22-21(31-23-20)15-3-2-12-25(13-15)33(28,29)18-9-7-17(8-10-18)32(26,27)24-16-5-6-16/h4,7-11,15-16,24H,2-3,5-6,12-13H2,1H3/t15-/m0/s1. The van der Waals surface area contributed by atoms with Crippen LogP contribution < -0.4 is 4.72 Å². The Morgan fingerprint density at radius 2 is 1.73 bits per heavy atom. The number of hydrogen-bond donors (Lipinski definition) is 1. The molecule has 176 valence electrons. The summed E-state index contributed by atoms with van der Waals surface area (Å²) >= 11 is 0. The van der Waals surface area contributed by atoms with Crippen molar-refractivity contribution in [2.75, 3.05) is 13.1 Å². The highest BCUT2D eigenvalue weighted by Gasteiger charge is 2.34. The minimum Gasteiger partial charge on any atom is -0.458 e. The fourth-order valence-electron chi connectivity index (χ4n) is 3.85. The van der Waals surface area contributed by atoms with Crippen LogP contribution in [0.2, 0.25) is 0 Å². The third kappa shape index (κ3) is 4.60. The van der Waals surface area contributed by atoms with E-state index in [0.717, 1.165) is 25.0 Å². The van der Waals surface area contributed by atoms with E-state index in [1.165, 1.54) is 28.6 Å². The highest BCUT2D eigenvalue weighted by molar-refractivity contribution is 7.89. The number of piperidine rings is 1. The molecule has 1 saturated carbocycles. The monoisotopic (exact) mass is 492 g/mol. The van der Waals surface area contributed by atoms with E-state index in [0.29, 0.717) is 30.4 Å². The Hall–Kier alpha value is -2.54. The van der Waals surface area contributed by atoms with E-state index in [9.17, 15) is 16.8 Å². The van der Waals surface area contributed by atoms with E-state index < -0.39 is 20.0 Å². The Morgan fingerprint density at radius 1 is 1.00 bits per heavy atom. The summed E-state index contributed by atoms with van der Waals surface area (Å²) in [5.41, 5.74) is 0. The molecule has 1 aliphatic heterocycles. The maximum Gasteiger partial charge on any atom is 0.243 e. The Kier molecular flexibility index (Phi) is 5.63. The minimum absolute atomic E-state index is 0.0225. The Labute approximate surface area is 192 Å². The van der Waals surface area contributed by atoms with Crippen LogP contribution in [0.1, 0.15) is 43.3 Å². The molecule has 2 fully saturated rings. The number of nitrogens with one attached hydrogen (secondary N) is 1. The largest absolute Gasteiger partial charge is 0.458 e. The van der Waals surface area contributed by atoms with Crippen LogP contribution >= 0.6 is 0 Å². The number of aromatic nitrogens is 2. The molecule has 3 aromatic rings. The molecule has 0 amide bonds. The summed E-state index contributed by atoms with van der Waals surface area (Å²) in [6, 6.07) is 8.87. The molecule has 3 heterocycles. The van der Waals surface area contributed by atoms with Gasteiger partial charge in [0.1, 0.15) is 5.76 Å². The molecule has 5 rings (SSSR count). The number of nitrogens with zero attached hydrogens (tertiary/aromatic N) is 3. The molecule has 0 bridgehead atoms. The summed E-state index contributed by atoms with van der Waals surface area (Å²) < 4.78 is 66.0. The van der Waals surface area contributed by atoms with E-state index in [2.05, 4.69) is 14.9 Å². The Bertz CT molecular complexity index is 1360. The maximum atomic E-state index is 13.2. The van der Waals surface area contributed by atoms with Crippen molar-refractivity contribution in [2.24, 2.45) is 0 Å². The van der Waals surface area contributed by atoms with Gasteiger partial charge in [0.25, 0.3) is 0 Å². The van der Waals surface area contributed by atoms with Crippen molar-refractivity contribution in [3.05, 3.63) is 48.0 Å². The van der Waals surface area contributed by atoms with Crippen molar-refractivity contribution in [1.29, 1.82) is 0 Å². The Balaban J connectivity index is 1.32. The van der Waals surface area contributed by atoms with Gasteiger partial charge < -0.3 is 8.94 Å². The molecular formula is C21H24N4O6S2. The van der Waals surface area contributed by atoms with Crippen LogP contribution in [0.4, 0.5) is 0 Å². The summed E-state index contributed by atoms with van der Waals surface area (Å²) in [6.45, 7) is 2.38. The van der Waals surface area contributed by atoms with Crippen LogP contribution in [-0.4, -0.2) is 50.4 Å². The lowest BCUT2D eigenvalue weighted by atomic mass is 10.00. The first-order valence-electron chi connectivity index (χ1n) is 10.8. The summed E-state index contributed by atoms with van der Waals surface area (Å²) in [5, 5.41) is 3.97. The van der Waals surface area contributed by atoms with Gasteiger partial charge in [-0.1, -0.05) is 5.16 Å². The fourth-order valence-corrected chi connectivity index (χ4v) is 6.68. The highest BCUT2D eigenvalue weighted by atomic mass is 32.2. The van der Waals surface area contributed by atoms with Gasteiger partial charge in [0, 0.05) is 19.1 Å². The second kappa shape index (κ2) is 8.35. The van der Waals surface area contributed by atoms with E-state index in [-0.39, 0.29) is 28.3 Å². The van der Waals surface area contributed by atoms with Gasteiger partial charge in [0.2, 0.25) is 31.8 Å². The third-order valence-corrected chi connectivity index (χ3v) is 9.22. The predicted octanol–water partition coefficient (Wildman–Crippen LogP) is 2.65. The van der Waals surface area contributed by atoms with E-state index in [1.54, 1.807) is 12.1 Å². The van der Waals surface area contributed by atoms with Crippen molar-refractivity contribution in [1.82, 2.24) is 19.2 Å². The van der Waals surface area contributed by atoms with Crippen LogP contribution in [0.25, 0.3) is 11.6 Å². The van der Waals surface area contributed by atoms with E-state index in [1.807, 2.05) is 6.92 Å². The van der Waals surface area contributed by atoms with Crippen LogP contribution in [0, 0.1) is 6.92 Å². The molecule has 33 heavy (non-hydrogen) atoms. The van der Waals surface area contributed by atoms with Gasteiger partial charge in [-0.3, -0.25) is 0 Å². The van der Waals surface area contributed by atoms with Crippen molar-refractivity contribution in [2.45, 2.75) is 54.4 Å². The zero-order valence-electron chi connectivity index (χ0n) is 18.0. The zero-order chi connectivity index (χ0) is 23.2. The average Bonchev–Trinajstić information content (AvgIpc) is 3.28. The SMILES string of the molecule is Cc1ccc(-c2noc([C@H]3CCCN(S(=O)(=O)c4ccc(S(=O)(=O)NC5CC5)cc4)C3)n2)o1. The predicted molar refractivity (Wildman–Crippen MR) is 117 cm³/mol. The number of aryl methyl sites for hydroxylation is 1. The van der Waals surface area contributed by atoms with Gasteiger partial charge in [-0.05, 0) is 69.0 Å². The van der Waals surface area contributed by atoms with E-state index >= 15 is 0 Å². The lowest BCUT2D eigenvalue weighted by Gasteiger charge is -2.30. The smallest absolute Gasteiger partial charge is 0.243 e. The molecule has 1 atom stereocenters. The normalized spacial score (nSPS) is 20.2. The first-order valence-corrected chi connectivity index (χ1v) is 13.7. The summed E-state index contributed by atoms with van der Waals surface area (Å²) in [6.07, 6.45) is 3.00. The number of benzene rings is 1. The second-order valence-electron chi connectivity index (χ2n) is 8.44. The Morgan fingerprint density at radius 3 is 2.39 bits per heavy atom.